The van der Waals surface area contributed by atoms with E-state index in [1.54, 1.807) is 19.9 Å². The zero-order valence-corrected chi connectivity index (χ0v) is 23.4. The van der Waals surface area contributed by atoms with Gasteiger partial charge in [0.25, 0.3) is 0 Å². The van der Waals surface area contributed by atoms with Crippen LogP contribution in [0.2, 0.25) is 18.1 Å². The Morgan fingerprint density at radius 1 is 1.20 bits per heavy atom. The van der Waals surface area contributed by atoms with Crippen molar-refractivity contribution < 1.29 is 28.3 Å². The van der Waals surface area contributed by atoms with Crippen LogP contribution in [0.5, 0.6) is 0 Å². The SMILES string of the molecule is CCOC(=O)/C=C/[C@H](C)[C@@H](O[Si](C)(C)C(C)(C)C)[C@H](C)C(=O)N1C(=O)OC[C@@H]1Cc1ccccc1. The van der Waals surface area contributed by atoms with Gasteiger partial charge in [-0.3, -0.25) is 4.79 Å². The number of carbonyl (C=O) groups is 3. The maximum atomic E-state index is 13.7. The van der Waals surface area contributed by atoms with E-state index in [1.807, 2.05) is 37.3 Å². The molecule has 1 heterocycles. The van der Waals surface area contributed by atoms with Crippen LogP contribution >= 0.6 is 0 Å². The van der Waals surface area contributed by atoms with Crippen molar-refractivity contribution in [3.63, 3.8) is 0 Å². The number of esters is 1. The summed E-state index contributed by atoms with van der Waals surface area (Å²) >= 11 is 0. The molecule has 35 heavy (non-hydrogen) atoms. The van der Waals surface area contributed by atoms with Gasteiger partial charge in [-0.2, -0.15) is 0 Å². The molecule has 7 nitrogen and oxygen atoms in total. The van der Waals surface area contributed by atoms with E-state index in [1.165, 1.54) is 11.0 Å². The molecule has 0 spiro atoms. The molecule has 0 bridgehead atoms. The Morgan fingerprint density at radius 2 is 1.83 bits per heavy atom. The predicted octanol–water partition coefficient (Wildman–Crippen LogP) is 5.36. The third-order valence-corrected chi connectivity index (χ3v) is 11.4. The lowest BCUT2D eigenvalue weighted by atomic mass is 9.91. The fraction of sp³-hybridized carbons (Fsp3) is 0.593. The highest BCUT2D eigenvalue weighted by atomic mass is 28.4. The van der Waals surface area contributed by atoms with Crippen LogP contribution in [0, 0.1) is 11.8 Å². The van der Waals surface area contributed by atoms with Gasteiger partial charge in [-0.25, -0.2) is 14.5 Å². The van der Waals surface area contributed by atoms with Crippen molar-refractivity contribution in [1.82, 2.24) is 4.90 Å². The molecule has 4 atom stereocenters. The molecule has 0 unspecified atom stereocenters. The van der Waals surface area contributed by atoms with Crippen molar-refractivity contribution in [1.29, 1.82) is 0 Å². The highest BCUT2D eigenvalue weighted by Gasteiger charge is 2.46. The van der Waals surface area contributed by atoms with Crippen LogP contribution in [-0.2, 0) is 29.9 Å². The highest BCUT2D eigenvalue weighted by molar-refractivity contribution is 6.74. The van der Waals surface area contributed by atoms with Gasteiger partial charge in [0, 0.05) is 12.0 Å². The molecule has 2 rings (SSSR count). The summed E-state index contributed by atoms with van der Waals surface area (Å²) in [6, 6.07) is 9.36. The van der Waals surface area contributed by atoms with Crippen molar-refractivity contribution in [3.05, 3.63) is 48.0 Å². The lowest BCUT2D eigenvalue weighted by molar-refractivity contribution is -0.137. The summed E-state index contributed by atoms with van der Waals surface area (Å²) in [4.78, 5) is 39.5. The number of cyclic esters (lactones) is 1. The number of amides is 2. The molecule has 1 aromatic rings. The summed E-state index contributed by atoms with van der Waals surface area (Å²) in [7, 11) is -2.28. The number of benzene rings is 1. The van der Waals surface area contributed by atoms with Crippen molar-refractivity contribution in [3.8, 4) is 0 Å². The highest BCUT2D eigenvalue weighted by Crippen LogP contribution is 2.39. The number of carbonyl (C=O) groups excluding carboxylic acids is 3. The molecule has 1 aromatic carbocycles. The van der Waals surface area contributed by atoms with Gasteiger partial charge in [0.05, 0.1) is 24.7 Å². The Bertz CT molecular complexity index is 908. The van der Waals surface area contributed by atoms with Crippen LogP contribution in [0.25, 0.3) is 0 Å². The molecule has 1 fully saturated rings. The lowest BCUT2D eigenvalue weighted by Gasteiger charge is -2.42. The maximum absolute atomic E-state index is 13.7. The third kappa shape index (κ3) is 7.51. The van der Waals surface area contributed by atoms with E-state index in [2.05, 4.69) is 33.9 Å². The van der Waals surface area contributed by atoms with E-state index in [0.717, 1.165) is 5.56 Å². The Kier molecular flexibility index (Phi) is 9.86. The minimum absolute atomic E-state index is 0.0823. The molecule has 2 amide bonds. The standard InChI is InChI=1S/C27H41NO6Si/c1-9-32-23(29)16-15-19(2)24(34-35(7,8)27(4,5)6)20(3)25(30)28-22(18-33-26(28)31)17-21-13-11-10-12-14-21/h10-16,19-20,22,24H,9,17-18H2,1-8H3/b16-15+/t19-,20-,22-,24+/m0/s1. The fourth-order valence-corrected chi connectivity index (χ4v) is 5.29. The van der Waals surface area contributed by atoms with E-state index in [0.29, 0.717) is 6.42 Å². The molecule has 1 aliphatic heterocycles. The molecule has 0 aliphatic carbocycles. The molecule has 194 valence electrons. The van der Waals surface area contributed by atoms with Gasteiger partial charge in [0.1, 0.15) is 6.61 Å². The summed E-state index contributed by atoms with van der Waals surface area (Å²) < 4.78 is 17.0. The zero-order valence-electron chi connectivity index (χ0n) is 22.4. The van der Waals surface area contributed by atoms with E-state index in [9.17, 15) is 14.4 Å². The monoisotopic (exact) mass is 503 g/mol. The molecular formula is C27H41NO6Si. The molecule has 0 saturated carbocycles. The van der Waals surface area contributed by atoms with Crippen molar-refractivity contribution in [2.45, 2.75) is 78.2 Å². The number of nitrogens with zero attached hydrogens (tertiary/aromatic N) is 1. The molecule has 1 aliphatic rings. The largest absolute Gasteiger partial charge is 0.463 e. The van der Waals surface area contributed by atoms with Crippen molar-refractivity contribution in [2.75, 3.05) is 13.2 Å². The van der Waals surface area contributed by atoms with Crippen LogP contribution in [0.3, 0.4) is 0 Å². The molecule has 1 saturated heterocycles. The van der Waals surface area contributed by atoms with Gasteiger partial charge in [-0.05, 0) is 37.0 Å². The average molecular weight is 504 g/mol. The van der Waals surface area contributed by atoms with Crippen LogP contribution in [0.4, 0.5) is 4.79 Å². The Hall–Kier alpha value is -2.45. The summed E-state index contributed by atoms with van der Waals surface area (Å²) in [5.41, 5.74) is 1.03. The second-order valence-electron chi connectivity index (χ2n) is 10.7. The summed E-state index contributed by atoms with van der Waals surface area (Å²) in [5.74, 6) is -1.66. The second-order valence-corrected chi connectivity index (χ2v) is 15.5. The van der Waals surface area contributed by atoms with Gasteiger partial charge < -0.3 is 13.9 Å². The zero-order chi connectivity index (χ0) is 26.4. The first-order valence-corrected chi connectivity index (χ1v) is 15.3. The normalized spacial score (nSPS) is 19.4. The Labute approximate surface area is 210 Å². The third-order valence-electron chi connectivity index (χ3n) is 6.97. The fourth-order valence-electron chi connectivity index (χ4n) is 3.84. The first kappa shape index (κ1) is 28.8. The van der Waals surface area contributed by atoms with Crippen molar-refractivity contribution in [2.24, 2.45) is 11.8 Å². The van der Waals surface area contributed by atoms with E-state index >= 15 is 0 Å². The maximum Gasteiger partial charge on any atom is 0.416 e. The average Bonchev–Trinajstić information content (AvgIpc) is 3.14. The van der Waals surface area contributed by atoms with E-state index in [4.69, 9.17) is 13.9 Å². The molecule has 0 radical (unpaired) electrons. The first-order valence-electron chi connectivity index (χ1n) is 12.3. The van der Waals surface area contributed by atoms with Crippen LogP contribution in [0.1, 0.15) is 47.1 Å². The van der Waals surface area contributed by atoms with Crippen molar-refractivity contribution >= 4 is 26.3 Å². The minimum atomic E-state index is -2.28. The van der Waals surface area contributed by atoms with E-state index < -0.39 is 32.4 Å². The van der Waals surface area contributed by atoms with Gasteiger partial charge in [0.15, 0.2) is 8.32 Å². The number of hydrogen-bond acceptors (Lipinski definition) is 6. The van der Waals surface area contributed by atoms with Gasteiger partial charge in [-0.15, -0.1) is 0 Å². The second kappa shape index (κ2) is 12.0. The van der Waals surface area contributed by atoms with Crippen LogP contribution in [0.15, 0.2) is 42.5 Å². The molecule has 0 aromatic heterocycles. The topological polar surface area (TPSA) is 82.1 Å². The Balaban J connectivity index is 2.31. The number of imide groups is 1. The summed E-state index contributed by atoms with van der Waals surface area (Å²) in [6.45, 7) is 16.6. The smallest absolute Gasteiger partial charge is 0.416 e. The number of hydrogen-bond donors (Lipinski definition) is 0. The quantitative estimate of drug-likeness (QED) is 0.243. The van der Waals surface area contributed by atoms with Crippen LogP contribution in [-0.4, -0.2) is 56.5 Å². The summed E-state index contributed by atoms with van der Waals surface area (Å²) in [5, 5.41) is -0.0823. The molecular weight excluding hydrogens is 462 g/mol. The van der Waals surface area contributed by atoms with E-state index in [-0.39, 0.29) is 36.1 Å². The summed E-state index contributed by atoms with van der Waals surface area (Å²) in [6.07, 6.45) is 2.49. The first-order chi connectivity index (χ1) is 16.3. The van der Waals surface area contributed by atoms with Gasteiger partial charge in [0.2, 0.25) is 5.91 Å². The molecule has 8 heteroatoms. The lowest BCUT2D eigenvalue weighted by Crippen LogP contribution is -2.52. The molecule has 0 N–H and O–H groups in total. The van der Waals surface area contributed by atoms with Gasteiger partial charge in [-0.1, -0.05) is 71.0 Å². The number of rotatable bonds is 10. The Morgan fingerprint density at radius 3 is 2.40 bits per heavy atom. The van der Waals surface area contributed by atoms with Gasteiger partial charge >= 0.3 is 12.1 Å². The van der Waals surface area contributed by atoms with Crippen LogP contribution < -0.4 is 0 Å². The number of ether oxygens (including phenoxy) is 2. The predicted molar refractivity (Wildman–Crippen MR) is 138 cm³/mol. The minimum Gasteiger partial charge on any atom is -0.463 e.